The summed E-state index contributed by atoms with van der Waals surface area (Å²) >= 11 is 1.62. The van der Waals surface area contributed by atoms with E-state index in [-0.39, 0.29) is 6.42 Å². The Hall–Kier alpha value is -1.05. The molecule has 1 N–H and O–H groups in total. The van der Waals surface area contributed by atoms with Crippen molar-refractivity contribution in [2.75, 3.05) is 24.7 Å². The Kier molecular flexibility index (Phi) is 5.24. The molecule has 1 aromatic rings. The molecule has 0 unspecified atom stereocenters. The highest BCUT2D eigenvalue weighted by molar-refractivity contribution is 7.99. The molecule has 2 heterocycles. The average molecular weight is 287 g/mol. The van der Waals surface area contributed by atoms with Gasteiger partial charge >= 0.3 is 5.97 Å². The van der Waals surface area contributed by atoms with Crippen molar-refractivity contribution in [2.24, 2.45) is 0 Å². The largest absolute Gasteiger partial charge is 0.481 e. The summed E-state index contributed by atoms with van der Waals surface area (Å²) in [7, 11) is 0. The average Bonchev–Trinajstić information content (AvgIpc) is 3.04. The number of carbonyl (C=O) groups is 1. The number of rotatable bonds is 8. The fraction of sp³-hybridized carbons (Fsp3) is 0.667. The first-order valence-electron chi connectivity index (χ1n) is 6.20. The zero-order chi connectivity index (χ0) is 13.6. The summed E-state index contributed by atoms with van der Waals surface area (Å²) in [6.07, 6.45) is 4.79. The van der Waals surface area contributed by atoms with Crippen LogP contribution >= 0.6 is 11.8 Å². The van der Waals surface area contributed by atoms with Crippen molar-refractivity contribution in [1.29, 1.82) is 0 Å². The number of aromatic nitrogens is 1. The van der Waals surface area contributed by atoms with E-state index in [1.165, 1.54) is 6.26 Å². The maximum Gasteiger partial charge on any atom is 0.304 e. The van der Waals surface area contributed by atoms with E-state index in [0.29, 0.717) is 31.3 Å². The van der Waals surface area contributed by atoms with Gasteiger partial charge in [0.1, 0.15) is 6.26 Å². The van der Waals surface area contributed by atoms with Crippen molar-refractivity contribution in [1.82, 2.24) is 4.98 Å². The van der Waals surface area contributed by atoms with Crippen LogP contribution in [0.5, 0.6) is 0 Å². The minimum absolute atomic E-state index is 0.197. The Morgan fingerprint density at radius 2 is 2.21 bits per heavy atom. The lowest BCUT2D eigenvalue weighted by Gasteiger charge is -2.23. The normalized spacial score (nSPS) is 17.7. The smallest absolute Gasteiger partial charge is 0.304 e. The maximum absolute atomic E-state index is 10.4. The lowest BCUT2D eigenvalue weighted by molar-refractivity contribution is -0.186. The lowest BCUT2D eigenvalue weighted by Crippen LogP contribution is -2.27. The first kappa shape index (κ1) is 14.4. The molecule has 0 atom stereocenters. The molecule has 0 spiro atoms. The standard InChI is InChI=1S/C12H17NO5S/c14-10(15)2-9-19-8-1-3-12(17-6-7-18-12)11-13-4-5-16-11/h4-5H,1-3,6-9H2,(H,14,15). The second-order valence-electron chi connectivity index (χ2n) is 4.15. The zero-order valence-electron chi connectivity index (χ0n) is 10.5. The molecule has 1 saturated heterocycles. The van der Waals surface area contributed by atoms with Crippen LogP contribution in [-0.2, 0) is 20.1 Å². The van der Waals surface area contributed by atoms with Crippen molar-refractivity contribution in [2.45, 2.75) is 25.0 Å². The third-order valence-corrected chi connectivity index (χ3v) is 3.84. The summed E-state index contributed by atoms with van der Waals surface area (Å²) in [6, 6.07) is 0. The number of aliphatic carboxylic acids is 1. The summed E-state index contributed by atoms with van der Waals surface area (Å²) in [5, 5.41) is 8.53. The van der Waals surface area contributed by atoms with Crippen molar-refractivity contribution in [3.05, 3.63) is 18.4 Å². The second-order valence-corrected chi connectivity index (χ2v) is 5.37. The Morgan fingerprint density at radius 1 is 1.42 bits per heavy atom. The molecule has 1 aromatic heterocycles. The van der Waals surface area contributed by atoms with E-state index >= 15 is 0 Å². The molecule has 6 nitrogen and oxygen atoms in total. The molecule has 0 bridgehead atoms. The molecular formula is C12H17NO5S. The van der Waals surface area contributed by atoms with Crippen LogP contribution in [0.15, 0.2) is 16.9 Å². The monoisotopic (exact) mass is 287 g/mol. The van der Waals surface area contributed by atoms with Crippen molar-refractivity contribution < 1.29 is 23.8 Å². The molecule has 106 valence electrons. The number of nitrogens with zero attached hydrogens (tertiary/aromatic N) is 1. The maximum atomic E-state index is 10.4. The van der Waals surface area contributed by atoms with E-state index in [1.54, 1.807) is 18.0 Å². The van der Waals surface area contributed by atoms with Gasteiger partial charge in [-0.3, -0.25) is 4.79 Å². The molecule has 0 aliphatic carbocycles. The van der Waals surface area contributed by atoms with E-state index in [0.717, 1.165) is 12.2 Å². The third-order valence-electron chi connectivity index (χ3n) is 2.77. The highest BCUT2D eigenvalue weighted by Crippen LogP contribution is 2.35. The summed E-state index contributed by atoms with van der Waals surface area (Å²) in [5.74, 6) is 0.342. The predicted octanol–water partition coefficient (Wildman–Crippen LogP) is 1.86. The van der Waals surface area contributed by atoms with Crippen LogP contribution in [-0.4, -0.2) is 40.8 Å². The zero-order valence-corrected chi connectivity index (χ0v) is 11.4. The van der Waals surface area contributed by atoms with Gasteiger partial charge in [-0.15, -0.1) is 0 Å². The Morgan fingerprint density at radius 3 is 2.84 bits per heavy atom. The van der Waals surface area contributed by atoms with Crippen LogP contribution in [0, 0.1) is 0 Å². The van der Waals surface area contributed by atoms with E-state index < -0.39 is 11.8 Å². The molecule has 1 fully saturated rings. The minimum atomic E-state index is -0.850. The Labute approximate surface area is 115 Å². The van der Waals surface area contributed by atoms with Crippen LogP contribution < -0.4 is 0 Å². The minimum Gasteiger partial charge on any atom is -0.481 e. The number of oxazole rings is 1. The summed E-state index contributed by atoms with van der Waals surface area (Å²) in [6.45, 7) is 1.07. The van der Waals surface area contributed by atoms with E-state index in [2.05, 4.69) is 4.98 Å². The first-order valence-corrected chi connectivity index (χ1v) is 7.36. The van der Waals surface area contributed by atoms with Crippen molar-refractivity contribution in [3.63, 3.8) is 0 Å². The Balaban J connectivity index is 1.74. The van der Waals surface area contributed by atoms with Gasteiger partial charge in [0, 0.05) is 12.2 Å². The number of thioether (sulfide) groups is 1. The summed E-state index contributed by atoms with van der Waals surface area (Å²) < 4.78 is 16.6. The molecule has 0 radical (unpaired) electrons. The topological polar surface area (TPSA) is 81.8 Å². The van der Waals surface area contributed by atoms with Gasteiger partial charge in [0.25, 0.3) is 5.89 Å². The molecule has 2 rings (SSSR count). The predicted molar refractivity (Wildman–Crippen MR) is 68.9 cm³/mol. The molecule has 0 saturated carbocycles. The molecule has 0 aromatic carbocycles. The number of hydrogen-bond donors (Lipinski definition) is 1. The van der Waals surface area contributed by atoms with Gasteiger partial charge in [0.05, 0.1) is 25.8 Å². The van der Waals surface area contributed by atoms with Crippen LogP contribution in [0.3, 0.4) is 0 Å². The van der Waals surface area contributed by atoms with Crippen molar-refractivity contribution >= 4 is 17.7 Å². The second kappa shape index (κ2) is 6.93. The Bertz CT molecular complexity index is 389. The number of hydrogen-bond acceptors (Lipinski definition) is 6. The van der Waals surface area contributed by atoms with Gasteiger partial charge in [-0.05, 0) is 12.2 Å². The van der Waals surface area contributed by atoms with E-state index in [9.17, 15) is 4.79 Å². The fourth-order valence-electron chi connectivity index (χ4n) is 1.91. The summed E-state index contributed by atoms with van der Waals surface area (Å²) in [4.78, 5) is 14.5. The SMILES string of the molecule is O=C(O)CCSCCCC1(c2ncco2)OCCO1. The van der Waals surface area contributed by atoms with Crippen LogP contribution in [0.25, 0.3) is 0 Å². The number of carboxylic acids is 1. The van der Waals surface area contributed by atoms with Gasteiger partial charge in [0.2, 0.25) is 5.79 Å². The van der Waals surface area contributed by atoms with Gasteiger partial charge in [-0.25, -0.2) is 4.98 Å². The molecular weight excluding hydrogens is 270 g/mol. The number of ether oxygens (including phenoxy) is 2. The van der Waals surface area contributed by atoms with Gasteiger partial charge < -0.3 is 19.0 Å². The third kappa shape index (κ3) is 3.95. The lowest BCUT2D eigenvalue weighted by atomic mass is 10.1. The molecule has 1 aliphatic heterocycles. The molecule has 7 heteroatoms. The van der Waals surface area contributed by atoms with Crippen LogP contribution in [0.2, 0.25) is 0 Å². The van der Waals surface area contributed by atoms with Crippen molar-refractivity contribution in [3.8, 4) is 0 Å². The van der Waals surface area contributed by atoms with Crippen LogP contribution in [0.4, 0.5) is 0 Å². The van der Waals surface area contributed by atoms with Gasteiger partial charge in [-0.1, -0.05) is 0 Å². The van der Waals surface area contributed by atoms with Gasteiger partial charge in [0.15, 0.2) is 0 Å². The number of carboxylic acid groups (broad SMARTS) is 1. The highest BCUT2D eigenvalue weighted by atomic mass is 32.2. The summed E-state index contributed by atoms with van der Waals surface area (Å²) in [5.41, 5.74) is 0. The molecule has 0 amide bonds. The quantitative estimate of drug-likeness (QED) is 0.731. The van der Waals surface area contributed by atoms with E-state index in [4.69, 9.17) is 19.0 Å². The molecule has 1 aliphatic rings. The van der Waals surface area contributed by atoms with Gasteiger partial charge in [-0.2, -0.15) is 11.8 Å². The first-order chi connectivity index (χ1) is 9.23. The molecule has 19 heavy (non-hydrogen) atoms. The van der Waals surface area contributed by atoms with Crippen LogP contribution in [0.1, 0.15) is 25.2 Å². The van der Waals surface area contributed by atoms with E-state index in [1.807, 2.05) is 0 Å². The fourth-order valence-corrected chi connectivity index (χ4v) is 2.78. The highest BCUT2D eigenvalue weighted by Gasteiger charge is 2.42.